The minimum atomic E-state index is 0.600. The molecule has 0 fully saturated rings. The summed E-state index contributed by atoms with van der Waals surface area (Å²) in [5.74, 6) is 1.24. The fourth-order valence-corrected chi connectivity index (χ4v) is 2.49. The highest BCUT2D eigenvalue weighted by molar-refractivity contribution is 6.31. The third-order valence-electron chi connectivity index (χ3n) is 3.83. The number of nitrogens with zero attached hydrogens (tertiary/aromatic N) is 2. The van der Waals surface area contributed by atoms with Crippen LogP contribution in [0.1, 0.15) is 45.5 Å². The van der Waals surface area contributed by atoms with E-state index in [1.807, 2.05) is 11.6 Å². The summed E-state index contributed by atoms with van der Waals surface area (Å²) in [7, 11) is 0. The lowest BCUT2D eigenvalue weighted by atomic mass is 9.91. The van der Waals surface area contributed by atoms with Gasteiger partial charge in [-0.05, 0) is 51.6 Å². The molecule has 1 aromatic rings. The molecule has 1 rings (SSSR count). The van der Waals surface area contributed by atoms with Crippen molar-refractivity contribution in [3.05, 3.63) is 16.4 Å². The molecule has 0 amide bonds. The molecule has 4 heteroatoms. The van der Waals surface area contributed by atoms with Crippen molar-refractivity contribution in [2.75, 3.05) is 13.1 Å². The highest BCUT2D eigenvalue weighted by atomic mass is 35.5. The monoisotopic (exact) mass is 285 g/mol. The van der Waals surface area contributed by atoms with Crippen molar-refractivity contribution in [2.45, 2.75) is 54.0 Å². The average Bonchev–Trinajstić information content (AvgIpc) is 2.66. The summed E-state index contributed by atoms with van der Waals surface area (Å²) in [5.41, 5.74) is 2.14. The van der Waals surface area contributed by atoms with Gasteiger partial charge in [-0.15, -0.1) is 0 Å². The second kappa shape index (κ2) is 7.91. The maximum atomic E-state index is 6.37. The first kappa shape index (κ1) is 16.5. The van der Waals surface area contributed by atoms with Crippen LogP contribution in [0.4, 0.5) is 0 Å². The first-order valence-corrected chi connectivity index (χ1v) is 7.81. The van der Waals surface area contributed by atoms with Gasteiger partial charge in [0.25, 0.3) is 0 Å². The second-order valence-electron chi connectivity index (χ2n) is 5.52. The van der Waals surface area contributed by atoms with Crippen LogP contribution in [0.3, 0.4) is 0 Å². The Morgan fingerprint density at radius 1 is 1.26 bits per heavy atom. The fourth-order valence-electron chi connectivity index (χ4n) is 2.28. The van der Waals surface area contributed by atoms with Crippen LogP contribution < -0.4 is 5.32 Å². The first-order chi connectivity index (χ1) is 9.01. The average molecular weight is 286 g/mol. The number of hydrogen-bond acceptors (Lipinski definition) is 2. The van der Waals surface area contributed by atoms with Crippen LogP contribution >= 0.6 is 11.6 Å². The lowest BCUT2D eigenvalue weighted by Gasteiger charge is -2.21. The van der Waals surface area contributed by atoms with Crippen LogP contribution in [0.25, 0.3) is 0 Å². The molecule has 0 radical (unpaired) electrons. The van der Waals surface area contributed by atoms with Gasteiger partial charge in [-0.2, -0.15) is 5.10 Å². The topological polar surface area (TPSA) is 29.9 Å². The predicted molar refractivity (Wildman–Crippen MR) is 82.8 cm³/mol. The van der Waals surface area contributed by atoms with E-state index in [2.05, 4.69) is 38.1 Å². The molecule has 0 aliphatic rings. The summed E-state index contributed by atoms with van der Waals surface area (Å²) in [6, 6.07) is 0. The zero-order valence-corrected chi connectivity index (χ0v) is 13.7. The number of rotatable bonds is 8. The molecule has 3 nitrogen and oxygen atoms in total. The van der Waals surface area contributed by atoms with Crippen molar-refractivity contribution in [2.24, 2.45) is 11.8 Å². The molecule has 0 aromatic carbocycles. The molecule has 110 valence electrons. The van der Waals surface area contributed by atoms with Crippen LogP contribution in [0.5, 0.6) is 0 Å². The smallest absolute Gasteiger partial charge is 0.0847 e. The molecule has 19 heavy (non-hydrogen) atoms. The minimum absolute atomic E-state index is 0.600. The second-order valence-corrected chi connectivity index (χ2v) is 5.90. The summed E-state index contributed by atoms with van der Waals surface area (Å²) in [5, 5.41) is 8.83. The molecule has 0 aliphatic carbocycles. The van der Waals surface area contributed by atoms with E-state index in [0.717, 1.165) is 36.8 Å². The van der Waals surface area contributed by atoms with E-state index >= 15 is 0 Å². The number of aryl methyl sites for hydroxylation is 2. The maximum Gasteiger partial charge on any atom is 0.0847 e. The maximum absolute atomic E-state index is 6.37. The van der Waals surface area contributed by atoms with Crippen molar-refractivity contribution < 1.29 is 0 Å². The predicted octanol–water partition coefficient (Wildman–Crippen LogP) is 3.68. The number of halogens is 1. The van der Waals surface area contributed by atoms with Crippen molar-refractivity contribution >= 4 is 11.6 Å². The SMILES string of the molecule is CCCNCC(C)C(C)Cc1c(Cl)c(C)nn1CC. The van der Waals surface area contributed by atoms with E-state index < -0.39 is 0 Å². The molecule has 0 aliphatic heterocycles. The van der Waals surface area contributed by atoms with E-state index in [-0.39, 0.29) is 0 Å². The van der Waals surface area contributed by atoms with Gasteiger partial charge in [-0.1, -0.05) is 32.4 Å². The van der Waals surface area contributed by atoms with Gasteiger partial charge in [-0.25, -0.2) is 0 Å². The molecular weight excluding hydrogens is 258 g/mol. The normalized spacial score (nSPS) is 14.6. The Bertz CT molecular complexity index is 387. The minimum Gasteiger partial charge on any atom is -0.316 e. The standard InChI is InChI=1S/C15H28ClN3/c1-6-8-17-10-12(4)11(3)9-14-15(16)13(5)18-19(14)7-2/h11-12,17H,6-10H2,1-5H3. The summed E-state index contributed by atoms with van der Waals surface area (Å²) >= 11 is 6.37. The Kier molecular flexibility index (Phi) is 6.87. The van der Waals surface area contributed by atoms with E-state index in [1.54, 1.807) is 0 Å². The summed E-state index contributed by atoms with van der Waals surface area (Å²) in [4.78, 5) is 0. The summed E-state index contributed by atoms with van der Waals surface area (Å²) in [6.07, 6.45) is 2.19. The van der Waals surface area contributed by atoms with Gasteiger partial charge < -0.3 is 5.32 Å². The summed E-state index contributed by atoms with van der Waals surface area (Å²) in [6.45, 7) is 14.0. The van der Waals surface area contributed by atoms with Gasteiger partial charge in [0.05, 0.1) is 16.4 Å². The fraction of sp³-hybridized carbons (Fsp3) is 0.800. The van der Waals surface area contributed by atoms with Gasteiger partial charge in [0.15, 0.2) is 0 Å². The van der Waals surface area contributed by atoms with Crippen molar-refractivity contribution in [1.29, 1.82) is 0 Å². The summed E-state index contributed by atoms with van der Waals surface area (Å²) < 4.78 is 2.04. The number of aromatic nitrogens is 2. The van der Waals surface area contributed by atoms with E-state index in [4.69, 9.17) is 11.6 Å². The molecule has 0 saturated carbocycles. The molecular formula is C15H28ClN3. The zero-order valence-electron chi connectivity index (χ0n) is 13.0. The third-order valence-corrected chi connectivity index (χ3v) is 4.32. The zero-order chi connectivity index (χ0) is 14.4. The molecule has 0 saturated heterocycles. The molecule has 0 spiro atoms. The molecule has 2 unspecified atom stereocenters. The Morgan fingerprint density at radius 2 is 1.95 bits per heavy atom. The largest absolute Gasteiger partial charge is 0.316 e. The Hall–Kier alpha value is -0.540. The van der Waals surface area contributed by atoms with Crippen LogP contribution in [-0.4, -0.2) is 22.9 Å². The quantitative estimate of drug-likeness (QED) is 0.739. The number of nitrogens with one attached hydrogen (secondary N) is 1. The van der Waals surface area contributed by atoms with Crippen LogP contribution in [0, 0.1) is 18.8 Å². The van der Waals surface area contributed by atoms with Crippen molar-refractivity contribution in [1.82, 2.24) is 15.1 Å². The molecule has 1 aromatic heterocycles. The van der Waals surface area contributed by atoms with Gasteiger partial charge in [0.1, 0.15) is 0 Å². The van der Waals surface area contributed by atoms with Crippen LogP contribution in [0.15, 0.2) is 0 Å². The molecule has 1 heterocycles. The lowest BCUT2D eigenvalue weighted by molar-refractivity contribution is 0.357. The number of hydrogen-bond donors (Lipinski definition) is 1. The van der Waals surface area contributed by atoms with E-state index in [9.17, 15) is 0 Å². The molecule has 0 bridgehead atoms. The Labute approximate surface area is 122 Å². The molecule has 2 atom stereocenters. The van der Waals surface area contributed by atoms with E-state index in [1.165, 1.54) is 12.1 Å². The third kappa shape index (κ3) is 4.50. The van der Waals surface area contributed by atoms with Crippen molar-refractivity contribution in [3.63, 3.8) is 0 Å². The van der Waals surface area contributed by atoms with E-state index in [0.29, 0.717) is 11.8 Å². The lowest BCUT2D eigenvalue weighted by Crippen LogP contribution is -2.27. The van der Waals surface area contributed by atoms with Gasteiger partial charge >= 0.3 is 0 Å². The van der Waals surface area contributed by atoms with Gasteiger partial charge in [0.2, 0.25) is 0 Å². The molecule has 1 N–H and O–H groups in total. The van der Waals surface area contributed by atoms with Crippen LogP contribution in [0.2, 0.25) is 5.02 Å². The van der Waals surface area contributed by atoms with Gasteiger partial charge in [0, 0.05) is 6.54 Å². The van der Waals surface area contributed by atoms with Gasteiger partial charge in [-0.3, -0.25) is 4.68 Å². The first-order valence-electron chi connectivity index (χ1n) is 7.43. The Balaban J connectivity index is 2.63. The Morgan fingerprint density at radius 3 is 2.53 bits per heavy atom. The highest BCUT2D eigenvalue weighted by Crippen LogP contribution is 2.25. The highest BCUT2D eigenvalue weighted by Gasteiger charge is 2.19. The van der Waals surface area contributed by atoms with Crippen molar-refractivity contribution in [3.8, 4) is 0 Å². The van der Waals surface area contributed by atoms with Crippen LogP contribution in [-0.2, 0) is 13.0 Å².